The fraction of sp³-hybridized carbons (Fsp3) is 0.167. The molecular weight excluding hydrogens is 482 g/mol. The highest BCUT2D eigenvalue weighted by Gasteiger charge is 2.30. The lowest BCUT2D eigenvalue weighted by molar-refractivity contribution is -0.127. The lowest BCUT2D eigenvalue weighted by atomic mass is 10.00. The third-order valence-electron chi connectivity index (χ3n) is 7.05. The second-order valence-electron chi connectivity index (χ2n) is 9.31. The van der Waals surface area contributed by atoms with Crippen molar-refractivity contribution >= 4 is 49.9 Å². The number of aromatic nitrogens is 1. The minimum atomic E-state index is -0.528. The maximum absolute atomic E-state index is 13.4. The van der Waals surface area contributed by atoms with E-state index < -0.39 is 11.7 Å². The number of piperazine rings is 1. The summed E-state index contributed by atoms with van der Waals surface area (Å²) in [5, 5.41) is 1.96. The number of amides is 2. The first-order chi connectivity index (χ1) is 18.0. The van der Waals surface area contributed by atoms with Crippen molar-refractivity contribution in [2.75, 3.05) is 26.2 Å². The first kappa shape index (κ1) is 23.2. The number of aromatic amines is 1. The third-order valence-corrected chi connectivity index (χ3v) is 8.20. The van der Waals surface area contributed by atoms with Crippen LogP contribution in [0.1, 0.15) is 26.3 Å². The fourth-order valence-electron chi connectivity index (χ4n) is 5.05. The molecule has 1 fully saturated rings. The summed E-state index contributed by atoms with van der Waals surface area (Å²) in [5.74, 6) is -1.11. The molecule has 1 saturated heterocycles. The lowest BCUT2D eigenvalue weighted by Gasteiger charge is -2.34. The normalized spacial score (nSPS) is 13.9. The number of nitrogens with one attached hydrogen (secondary N) is 1. The van der Waals surface area contributed by atoms with Gasteiger partial charge in [-0.15, -0.1) is 11.3 Å². The van der Waals surface area contributed by atoms with E-state index in [9.17, 15) is 14.4 Å². The molecule has 1 N–H and O–H groups in total. The van der Waals surface area contributed by atoms with Gasteiger partial charge in [-0.3, -0.25) is 14.4 Å². The van der Waals surface area contributed by atoms with Gasteiger partial charge in [-0.1, -0.05) is 48.5 Å². The van der Waals surface area contributed by atoms with Gasteiger partial charge in [0.1, 0.15) is 0 Å². The van der Waals surface area contributed by atoms with Gasteiger partial charge in [0.2, 0.25) is 0 Å². The molecule has 7 heteroatoms. The van der Waals surface area contributed by atoms with E-state index in [0.29, 0.717) is 37.3 Å². The topological polar surface area (TPSA) is 73.5 Å². The number of thiophene rings is 1. The molecule has 6 rings (SSSR count). The average Bonchev–Trinajstić information content (AvgIpc) is 3.58. The molecule has 0 radical (unpaired) electrons. The fourth-order valence-corrected chi connectivity index (χ4v) is 6.15. The van der Waals surface area contributed by atoms with Crippen LogP contribution in [0.4, 0.5) is 0 Å². The summed E-state index contributed by atoms with van der Waals surface area (Å²) < 4.78 is 1.20. The quantitative estimate of drug-likeness (QED) is 0.257. The molecule has 0 saturated carbocycles. The number of nitrogens with zero attached hydrogens (tertiary/aromatic N) is 2. The number of hydrogen-bond donors (Lipinski definition) is 1. The van der Waals surface area contributed by atoms with Gasteiger partial charge < -0.3 is 14.8 Å². The summed E-state index contributed by atoms with van der Waals surface area (Å²) in [5.41, 5.74) is 3.84. The van der Waals surface area contributed by atoms with E-state index in [0.717, 1.165) is 26.9 Å². The lowest BCUT2D eigenvalue weighted by Crippen LogP contribution is -2.52. The van der Waals surface area contributed by atoms with Crippen molar-refractivity contribution in [3.05, 3.63) is 95.7 Å². The molecule has 5 aromatic rings. The SMILES string of the molecule is Cc1ccc(-c2cc3ccccc3s2)c2[nH]cc(C(=O)C(=O)N3CCN(C(=O)c4ccccc4)CC3)c12. The molecule has 37 heavy (non-hydrogen) atoms. The van der Waals surface area contributed by atoms with Crippen molar-refractivity contribution in [1.29, 1.82) is 0 Å². The van der Waals surface area contributed by atoms with Gasteiger partial charge in [-0.05, 0) is 42.1 Å². The number of ketones is 1. The Morgan fingerprint density at radius 3 is 2.30 bits per heavy atom. The highest BCUT2D eigenvalue weighted by Crippen LogP contribution is 2.38. The van der Waals surface area contributed by atoms with Gasteiger partial charge in [0.25, 0.3) is 17.6 Å². The Bertz CT molecular complexity index is 1630. The van der Waals surface area contributed by atoms with Crippen LogP contribution in [0.5, 0.6) is 0 Å². The number of fused-ring (bicyclic) bond motifs is 2. The summed E-state index contributed by atoms with van der Waals surface area (Å²) in [6.45, 7) is 3.42. The smallest absolute Gasteiger partial charge is 0.295 e. The van der Waals surface area contributed by atoms with Crippen molar-refractivity contribution in [1.82, 2.24) is 14.8 Å². The molecule has 0 spiro atoms. The highest BCUT2D eigenvalue weighted by molar-refractivity contribution is 7.22. The Morgan fingerprint density at radius 1 is 0.838 bits per heavy atom. The van der Waals surface area contributed by atoms with Gasteiger partial charge in [-0.25, -0.2) is 0 Å². The largest absolute Gasteiger partial charge is 0.360 e. The summed E-state index contributed by atoms with van der Waals surface area (Å²) in [7, 11) is 0. The number of hydrogen-bond acceptors (Lipinski definition) is 4. The van der Waals surface area contributed by atoms with Crippen molar-refractivity contribution < 1.29 is 14.4 Å². The van der Waals surface area contributed by atoms with Crippen LogP contribution in [0.25, 0.3) is 31.4 Å². The van der Waals surface area contributed by atoms with Crippen LogP contribution in [0.15, 0.2) is 79.0 Å². The van der Waals surface area contributed by atoms with Gasteiger partial charge in [0.15, 0.2) is 0 Å². The van der Waals surface area contributed by atoms with Crippen LogP contribution in [0.3, 0.4) is 0 Å². The van der Waals surface area contributed by atoms with E-state index in [1.807, 2.05) is 43.3 Å². The van der Waals surface area contributed by atoms with E-state index in [1.165, 1.54) is 10.1 Å². The van der Waals surface area contributed by atoms with Crippen LogP contribution >= 0.6 is 11.3 Å². The molecule has 2 aromatic heterocycles. The van der Waals surface area contributed by atoms with Crippen molar-refractivity contribution in [2.24, 2.45) is 0 Å². The van der Waals surface area contributed by atoms with Crippen LogP contribution < -0.4 is 0 Å². The first-order valence-corrected chi connectivity index (χ1v) is 13.1. The molecule has 184 valence electrons. The molecule has 0 unspecified atom stereocenters. The Labute approximate surface area is 218 Å². The van der Waals surface area contributed by atoms with Crippen molar-refractivity contribution in [3.8, 4) is 10.4 Å². The molecule has 6 nitrogen and oxygen atoms in total. The Hall–Kier alpha value is -4.23. The molecule has 0 bridgehead atoms. The zero-order chi connectivity index (χ0) is 25.5. The molecule has 0 aliphatic carbocycles. The number of aryl methyl sites for hydroxylation is 1. The third kappa shape index (κ3) is 4.11. The van der Waals surface area contributed by atoms with Gasteiger partial charge in [-0.2, -0.15) is 0 Å². The molecule has 3 heterocycles. The monoisotopic (exact) mass is 507 g/mol. The highest BCUT2D eigenvalue weighted by atomic mass is 32.1. The minimum absolute atomic E-state index is 0.0555. The van der Waals surface area contributed by atoms with Crippen LogP contribution in [-0.2, 0) is 4.79 Å². The number of rotatable bonds is 4. The minimum Gasteiger partial charge on any atom is -0.360 e. The van der Waals surface area contributed by atoms with Crippen LogP contribution in [0, 0.1) is 6.92 Å². The van der Waals surface area contributed by atoms with Gasteiger partial charge in [0, 0.05) is 58.5 Å². The second-order valence-corrected chi connectivity index (χ2v) is 10.4. The molecule has 1 aliphatic heterocycles. The summed E-state index contributed by atoms with van der Waals surface area (Å²) >= 11 is 1.71. The van der Waals surface area contributed by atoms with Crippen molar-refractivity contribution in [2.45, 2.75) is 6.92 Å². The molecular formula is C30H25N3O3S. The van der Waals surface area contributed by atoms with Gasteiger partial charge in [0.05, 0.1) is 11.1 Å². The second kappa shape index (κ2) is 9.33. The average molecular weight is 508 g/mol. The summed E-state index contributed by atoms with van der Waals surface area (Å²) in [6.07, 6.45) is 1.66. The predicted octanol–water partition coefficient (Wildman–Crippen LogP) is 5.53. The Kier molecular flexibility index (Phi) is 5.85. The van der Waals surface area contributed by atoms with Crippen LogP contribution in [0.2, 0.25) is 0 Å². The van der Waals surface area contributed by atoms with E-state index in [-0.39, 0.29) is 5.91 Å². The predicted molar refractivity (Wildman–Crippen MR) is 147 cm³/mol. The first-order valence-electron chi connectivity index (χ1n) is 12.3. The molecule has 3 aromatic carbocycles. The summed E-state index contributed by atoms with van der Waals surface area (Å²) in [4.78, 5) is 47.1. The van der Waals surface area contributed by atoms with E-state index in [4.69, 9.17) is 0 Å². The van der Waals surface area contributed by atoms with Crippen molar-refractivity contribution in [3.63, 3.8) is 0 Å². The Balaban J connectivity index is 1.24. The molecule has 1 aliphatic rings. The molecule has 2 amide bonds. The van der Waals surface area contributed by atoms with E-state index >= 15 is 0 Å². The number of carbonyl (C=O) groups excluding carboxylic acids is 3. The maximum Gasteiger partial charge on any atom is 0.295 e. The summed E-state index contributed by atoms with van der Waals surface area (Å²) in [6, 6.07) is 23.6. The Morgan fingerprint density at radius 2 is 1.54 bits per heavy atom. The van der Waals surface area contributed by atoms with E-state index in [1.54, 1.807) is 39.5 Å². The van der Waals surface area contributed by atoms with Crippen LogP contribution in [-0.4, -0.2) is 58.6 Å². The number of Topliss-reactive ketones (excluding diaryl/α,β-unsaturated/α-hetero) is 1. The number of H-pyrrole nitrogens is 1. The zero-order valence-corrected chi connectivity index (χ0v) is 21.2. The van der Waals surface area contributed by atoms with Gasteiger partial charge >= 0.3 is 0 Å². The zero-order valence-electron chi connectivity index (χ0n) is 20.4. The standard InChI is InChI=1S/C30H25N3O3S/c1-19-11-12-22(25-17-21-9-5-6-10-24(21)37-25)27-26(19)23(18-31-27)28(34)30(36)33-15-13-32(14-16-33)29(35)20-7-3-2-4-8-20/h2-12,17-18,31H,13-16H2,1H3. The van der Waals surface area contributed by atoms with E-state index in [2.05, 4.69) is 29.2 Å². The maximum atomic E-state index is 13.4. The molecule has 0 atom stereocenters. The number of carbonyl (C=O) groups is 3. The number of benzene rings is 3.